The second-order valence-electron chi connectivity index (χ2n) is 5.11. The third-order valence-corrected chi connectivity index (χ3v) is 4.88. The van der Waals surface area contributed by atoms with Crippen LogP contribution >= 0.6 is 11.8 Å². The molecule has 16 heavy (non-hydrogen) atoms. The molecule has 2 nitrogen and oxygen atoms in total. The first-order chi connectivity index (χ1) is 7.90. The Morgan fingerprint density at radius 2 is 2.25 bits per heavy atom. The van der Waals surface area contributed by atoms with Crippen LogP contribution in [0.1, 0.15) is 32.6 Å². The fourth-order valence-electron chi connectivity index (χ4n) is 2.37. The molecule has 1 aliphatic carbocycles. The predicted octanol–water partition coefficient (Wildman–Crippen LogP) is 2.53. The van der Waals surface area contributed by atoms with Gasteiger partial charge in [0.25, 0.3) is 0 Å². The molecule has 1 saturated heterocycles. The number of ether oxygens (including phenoxy) is 1. The molecule has 2 rings (SSSR count). The molecule has 2 atom stereocenters. The summed E-state index contributed by atoms with van der Waals surface area (Å²) in [6.45, 7) is 5.40. The lowest BCUT2D eigenvalue weighted by atomic mass is 9.97. The molecule has 2 aliphatic rings. The highest BCUT2D eigenvalue weighted by atomic mass is 32.2. The second kappa shape index (κ2) is 6.87. The van der Waals surface area contributed by atoms with Crippen molar-refractivity contribution in [2.45, 2.75) is 38.6 Å². The fourth-order valence-corrected chi connectivity index (χ4v) is 3.46. The first-order valence-corrected chi connectivity index (χ1v) is 7.94. The van der Waals surface area contributed by atoms with Gasteiger partial charge in [-0.25, -0.2) is 0 Å². The maximum atomic E-state index is 5.46. The van der Waals surface area contributed by atoms with Crippen molar-refractivity contribution in [2.24, 2.45) is 11.8 Å². The van der Waals surface area contributed by atoms with E-state index in [4.69, 9.17) is 4.74 Å². The predicted molar refractivity (Wildman–Crippen MR) is 71.1 cm³/mol. The molecule has 2 fully saturated rings. The zero-order valence-corrected chi connectivity index (χ0v) is 11.2. The standard InChI is InChI=1S/C13H25NOS/c1-2-13(12-5-7-15-9-12)14-6-8-16-10-11-3-4-11/h11-14H,2-10H2,1H3. The van der Waals surface area contributed by atoms with Gasteiger partial charge in [-0.3, -0.25) is 0 Å². The van der Waals surface area contributed by atoms with Gasteiger partial charge in [-0.1, -0.05) is 6.92 Å². The van der Waals surface area contributed by atoms with Crippen LogP contribution in [0, 0.1) is 11.8 Å². The van der Waals surface area contributed by atoms with Crippen molar-refractivity contribution in [3.63, 3.8) is 0 Å². The Morgan fingerprint density at radius 3 is 2.88 bits per heavy atom. The Hall–Kier alpha value is 0.270. The van der Waals surface area contributed by atoms with E-state index < -0.39 is 0 Å². The molecule has 3 heteroatoms. The van der Waals surface area contributed by atoms with Crippen molar-refractivity contribution in [3.05, 3.63) is 0 Å². The summed E-state index contributed by atoms with van der Waals surface area (Å²) >= 11 is 2.13. The largest absolute Gasteiger partial charge is 0.381 e. The molecule has 0 spiro atoms. The number of hydrogen-bond donors (Lipinski definition) is 1. The van der Waals surface area contributed by atoms with Gasteiger partial charge in [0, 0.05) is 24.9 Å². The Kier molecular flexibility index (Phi) is 5.46. The lowest BCUT2D eigenvalue weighted by molar-refractivity contribution is 0.176. The van der Waals surface area contributed by atoms with E-state index in [1.54, 1.807) is 0 Å². The Labute approximate surface area is 104 Å². The molecule has 2 unspecified atom stereocenters. The third-order valence-electron chi connectivity index (χ3n) is 3.68. The van der Waals surface area contributed by atoms with E-state index in [9.17, 15) is 0 Å². The maximum Gasteiger partial charge on any atom is 0.0509 e. The van der Waals surface area contributed by atoms with Crippen LogP contribution in [0.2, 0.25) is 0 Å². The van der Waals surface area contributed by atoms with Crippen LogP contribution < -0.4 is 5.32 Å². The monoisotopic (exact) mass is 243 g/mol. The van der Waals surface area contributed by atoms with Crippen molar-refractivity contribution in [3.8, 4) is 0 Å². The molecular weight excluding hydrogens is 218 g/mol. The summed E-state index contributed by atoms with van der Waals surface area (Å²) < 4.78 is 5.46. The van der Waals surface area contributed by atoms with E-state index in [0.29, 0.717) is 6.04 Å². The zero-order valence-electron chi connectivity index (χ0n) is 10.4. The zero-order chi connectivity index (χ0) is 11.2. The first-order valence-electron chi connectivity index (χ1n) is 6.79. The van der Waals surface area contributed by atoms with Crippen molar-refractivity contribution in [1.82, 2.24) is 5.32 Å². The first kappa shape index (κ1) is 12.7. The summed E-state index contributed by atoms with van der Waals surface area (Å²) in [6.07, 6.45) is 5.46. The van der Waals surface area contributed by atoms with Gasteiger partial charge in [-0.05, 0) is 43.3 Å². The van der Waals surface area contributed by atoms with Gasteiger partial charge in [0.2, 0.25) is 0 Å². The Bertz CT molecular complexity index is 190. The quantitative estimate of drug-likeness (QED) is 0.662. The molecule has 0 radical (unpaired) electrons. The summed E-state index contributed by atoms with van der Waals surface area (Å²) in [4.78, 5) is 0. The average Bonchev–Trinajstić information content (AvgIpc) is 2.97. The molecule has 0 aromatic carbocycles. The van der Waals surface area contributed by atoms with Crippen molar-refractivity contribution >= 4 is 11.8 Å². The maximum absolute atomic E-state index is 5.46. The van der Waals surface area contributed by atoms with E-state index >= 15 is 0 Å². The molecule has 0 amide bonds. The van der Waals surface area contributed by atoms with Crippen molar-refractivity contribution < 1.29 is 4.74 Å². The smallest absolute Gasteiger partial charge is 0.0509 e. The van der Waals surface area contributed by atoms with Crippen molar-refractivity contribution in [2.75, 3.05) is 31.3 Å². The van der Waals surface area contributed by atoms with Gasteiger partial charge >= 0.3 is 0 Å². The summed E-state index contributed by atoms with van der Waals surface area (Å²) in [6, 6.07) is 0.684. The van der Waals surface area contributed by atoms with Gasteiger partial charge in [0.05, 0.1) is 6.61 Å². The van der Waals surface area contributed by atoms with E-state index in [-0.39, 0.29) is 0 Å². The number of nitrogens with one attached hydrogen (secondary N) is 1. The fraction of sp³-hybridized carbons (Fsp3) is 1.00. The molecule has 1 heterocycles. The van der Waals surface area contributed by atoms with Gasteiger partial charge in [-0.15, -0.1) is 0 Å². The lowest BCUT2D eigenvalue weighted by Gasteiger charge is -2.22. The minimum atomic E-state index is 0.684. The van der Waals surface area contributed by atoms with Gasteiger partial charge < -0.3 is 10.1 Å². The van der Waals surface area contributed by atoms with Crippen LogP contribution in [0.4, 0.5) is 0 Å². The minimum absolute atomic E-state index is 0.684. The van der Waals surface area contributed by atoms with Crippen LogP contribution in [0.15, 0.2) is 0 Å². The summed E-state index contributed by atoms with van der Waals surface area (Å²) in [5, 5.41) is 3.70. The lowest BCUT2D eigenvalue weighted by Crippen LogP contribution is -2.37. The molecule has 0 aromatic rings. The third kappa shape index (κ3) is 4.27. The van der Waals surface area contributed by atoms with Crippen molar-refractivity contribution in [1.29, 1.82) is 0 Å². The van der Waals surface area contributed by atoms with Crippen LogP contribution in [-0.2, 0) is 4.74 Å². The van der Waals surface area contributed by atoms with Gasteiger partial charge in [-0.2, -0.15) is 11.8 Å². The Morgan fingerprint density at radius 1 is 1.38 bits per heavy atom. The SMILES string of the molecule is CCC(NCCSCC1CC1)C1CCOC1. The van der Waals surface area contributed by atoms with Gasteiger partial charge in [0.1, 0.15) is 0 Å². The van der Waals surface area contributed by atoms with Crippen LogP contribution in [-0.4, -0.2) is 37.3 Å². The topological polar surface area (TPSA) is 21.3 Å². The molecular formula is C13H25NOS. The highest BCUT2D eigenvalue weighted by Crippen LogP contribution is 2.32. The van der Waals surface area contributed by atoms with Crippen LogP contribution in [0.5, 0.6) is 0 Å². The number of thioether (sulfide) groups is 1. The van der Waals surface area contributed by atoms with E-state index in [0.717, 1.165) is 25.0 Å². The molecule has 94 valence electrons. The molecule has 1 aliphatic heterocycles. The summed E-state index contributed by atoms with van der Waals surface area (Å²) in [5.41, 5.74) is 0. The number of rotatable bonds is 8. The minimum Gasteiger partial charge on any atom is -0.381 e. The second-order valence-corrected chi connectivity index (χ2v) is 6.26. The normalized spacial score (nSPS) is 27.2. The summed E-state index contributed by atoms with van der Waals surface area (Å²) in [5.74, 6) is 4.50. The number of hydrogen-bond acceptors (Lipinski definition) is 3. The summed E-state index contributed by atoms with van der Waals surface area (Å²) in [7, 11) is 0. The van der Waals surface area contributed by atoms with Crippen LogP contribution in [0.3, 0.4) is 0 Å². The molecule has 1 N–H and O–H groups in total. The molecule has 0 bridgehead atoms. The van der Waals surface area contributed by atoms with E-state index in [2.05, 4.69) is 24.0 Å². The van der Waals surface area contributed by atoms with E-state index in [1.165, 1.54) is 43.7 Å². The Balaban J connectivity index is 1.51. The molecule has 1 saturated carbocycles. The highest BCUT2D eigenvalue weighted by Gasteiger charge is 2.24. The van der Waals surface area contributed by atoms with E-state index in [1.807, 2.05) is 0 Å². The molecule has 0 aromatic heterocycles. The van der Waals surface area contributed by atoms with Crippen LogP contribution in [0.25, 0.3) is 0 Å². The average molecular weight is 243 g/mol. The van der Waals surface area contributed by atoms with Gasteiger partial charge in [0.15, 0.2) is 0 Å². The highest BCUT2D eigenvalue weighted by molar-refractivity contribution is 7.99.